The maximum atomic E-state index is 12.5. The fourth-order valence-corrected chi connectivity index (χ4v) is 3.53. The molecule has 0 bridgehead atoms. The lowest BCUT2D eigenvalue weighted by Gasteiger charge is -2.47. The molecule has 0 radical (unpaired) electrons. The molecule has 2 N–H and O–H groups in total. The van der Waals surface area contributed by atoms with Gasteiger partial charge in [0.2, 0.25) is 5.91 Å². The Labute approximate surface area is 127 Å². The number of piperazine rings is 1. The third-order valence-corrected chi connectivity index (χ3v) is 4.87. The normalized spacial score (nSPS) is 32.6. The Balaban J connectivity index is 0.000000902. The summed E-state index contributed by atoms with van der Waals surface area (Å²) in [6.07, 6.45) is 5.40. The zero-order chi connectivity index (χ0) is 12.0. The Morgan fingerprint density at radius 1 is 1.21 bits per heavy atom. The van der Waals surface area contributed by atoms with Crippen molar-refractivity contribution in [2.75, 3.05) is 19.6 Å². The molecule has 19 heavy (non-hydrogen) atoms. The molecule has 6 heteroatoms. The number of amides is 1. The maximum Gasteiger partial charge on any atom is 0.242 e. The lowest BCUT2D eigenvalue weighted by Crippen LogP contribution is -2.66. The molecule has 112 valence electrons. The third-order valence-electron chi connectivity index (χ3n) is 4.87. The number of hydrogen-bond acceptors (Lipinski definition) is 3. The molecule has 4 nitrogen and oxygen atoms in total. The van der Waals surface area contributed by atoms with E-state index < -0.39 is 5.54 Å². The zero-order valence-electron chi connectivity index (χ0n) is 11.5. The lowest BCUT2D eigenvalue weighted by molar-refractivity contribution is -0.145. The molecule has 3 rings (SSSR count). The Hall–Kier alpha value is -0.0300. The van der Waals surface area contributed by atoms with Crippen LogP contribution in [0.4, 0.5) is 0 Å². The minimum absolute atomic E-state index is 0. The molecule has 3 fully saturated rings. The summed E-state index contributed by atoms with van der Waals surface area (Å²) in [5.74, 6) is 0.211. The van der Waals surface area contributed by atoms with E-state index in [0.717, 1.165) is 32.4 Å². The molecule has 1 saturated carbocycles. The number of rotatable bonds is 1. The van der Waals surface area contributed by atoms with Crippen LogP contribution in [0.5, 0.6) is 0 Å². The second kappa shape index (κ2) is 6.17. The van der Waals surface area contributed by atoms with E-state index in [2.05, 4.69) is 16.7 Å². The van der Waals surface area contributed by atoms with E-state index in [9.17, 15) is 4.79 Å². The Bertz CT molecular complexity index is 336. The quantitative estimate of drug-likeness (QED) is 0.796. The number of nitrogens with zero attached hydrogens (tertiary/aromatic N) is 2. The van der Waals surface area contributed by atoms with Crippen molar-refractivity contribution >= 4 is 30.7 Å². The standard InChI is InChI=1S/C13H23N3O.2ClH/c1-10-8-15-7-2-4-11(15)9-16(10)12(17)13(14)5-3-6-13;;/h10-11H,2-9,14H2,1H3;2*1H. The summed E-state index contributed by atoms with van der Waals surface area (Å²) in [5.41, 5.74) is 5.65. The van der Waals surface area contributed by atoms with Crippen LogP contribution in [-0.4, -0.2) is 53.0 Å². The van der Waals surface area contributed by atoms with Gasteiger partial charge in [-0.25, -0.2) is 0 Å². The minimum Gasteiger partial charge on any atom is -0.336 e. The summed E-state index contributed by atoms with van der Waals surface area (Å²) in [4.78, 5) is 17.1. The van der Waals surface area contributed by atoms with E-state index in [0.29, 0.717) is 12.1 Å². The molecule has 2 saturated heterocycles. The predicted molar refractivity (Wildman–Crippen MR) is 81.0 cm³/mol. The van der Waals surface area contributed by atoms with Crippen molar-refractivity contribution in [3.05, 3.63) is 0 Å². The van der Waals surface area contributed by atoms with Gasteiger partial charge in [0, 0.05) is 25.2 Å². The van der Waals surface area contributed by atoms with Crippen LogP contribution in [0.15, 0.2) is 0 Å². The Kier molecular flexibility index (Phi) is 5.52. The first-order chi connectivity index (χ1) is 8.10. The van der Waals surface area contributed by atoms with Gasteiger partial charge < -0.3 is 10.6 Å². The van der Waals surface area contributed by atoms with Gasteiger partial charge in [0.05, 0.1) is 5.54 Å². The van der Waals surface area contributed by atoms with Crippen molar-refractivity contribution in [2.24, 2.45) is 5.73 Å². The first-order valence-corrected chi connectivity index (χ1v) is 6.94. The summed E-state index contributed by atoms with van der Waals surface area (Å²) < 4.78 is 0. The minimum atomic E-state index is -0.519. The van der Waals surface area contributed by atoms with Crippen LogP contribution in [0.25, 0.3) is 0 Å². The fraction of sp³-hybridized carbons (Fsp3) is 0.923. The molecule has 3 aliphatic rings. The van der Waals surface area contributed by atoms with Gasteiger partial charge in [0.25, 0.3) is 0 Å². The van der Waals surface area contributed by atoms with Crippen LogP contribution in [0.2, 0.25) is 0 Å². The molecular weight excluding hydrogens is 285 g/mol. The smallest absolute Gasteiger partial charge is 0.242 e. The van der Waals surface area contributed by atoms with Crippen molar-refractivity contribution in [1.29, 1.82) is 0 Å². The predicted octanol–water partition coefficient (Wildman–Crippen LogP) is 1.41. The summed E-state index contributed by atoms with van der Waals surface area (Å²) in [6.45, 7) is 5.31. The highest BCUT2D eigenvalue weighted by Crippen LogP contribution is 2.33. The van der Waals surface area contributed by atoms with Gasteiger partial charge >= 0.3 is 0 Å². The van der Waals surface area contributed by atoms with E-state index in [-0.39, 0.29) is 30.7 Å². The average Bonchev–Trinajstić information content (AvgIpc) is 2.70. The Morgan fingerprint density at radius 2 is 1.89 bits per heavy atom. The van der Waals surface area contributed by atoms with Crippen LogP contribution in [-0.2, 0) is 4.79 Å². The van der Waals surface area contributed by atoms with Gasteiger partial charge in [-0.05, 0) is 45.6 Å². The van der Waals surface area contributed by atoms with E-state index in [1.165, 1.54) is 19.4 Å². The van der Waals surface area contributed by atoms with Crippen LogP contribution in [0.3, 0.4) is 0 Å². The van der Waals surface area contributed by atoms with Gasteiger partial charge in [-0.2, -0.15) is 0 Å². The van der Waals surface area contributed by atoms with E-state index in [1.54, 1.807) is 0 Å². The van der Waals surface area contributed by atoms with E-state index in [4.69, 9.17) is 5.73 Å². The van der Waals surface area contributed by atoms with Crippen molar-refractivity contribution in [3.63, 3.8) is 0 Å². The lowest BCUT2D eigenvalue weighted by atomic mass is 9.76. The summed E-state index contributed by atoms with van der Waals surface area (Å²) >= 11 is 0. The molecule has 2 unspecified atom stereocenters. The number of hydrogen-bond donors (Lipinski definition) is 1. The van der Waals surface area contributed by atoms with Crippen molar-refractivity contribution < 1.29 is 4.79 Å². The third kappa shape index (κ3) is 2.87. The van der Waals surface area contributed by atoms with Gasteiger partial charge in [0.1, 0.15) is 0 Å². The number of carbonyl (C=O) groups excluding carboxylic acids is 1. The molecule has 2 atom stereocenters. The molecule has 1 amide bonds. The van der Waals surface area contributed by atoms with Gasteiger partial charge in [-0.15, -0.1) is 24.8 Å². The fourth-order valence-electron chi connectivity index (χ4n) is 3.53. The topological polar surface area (TPSA) is 49.6 Å². The largest absolute Gasteiger partial charge is 0.336 e. The SMILES string of the molecule is CC1CN2CCCC2CN1C(=O)C1(N)CCC1.Cl.Cl. The number of carbonyl (C=O) groups is 1. The van der Waals surface area contributed by atoms with E-state index >= 15 is 0 Å². The summed E-state index contributed by atoms with van der Waals surface area (Å²) in [6, 6.07) is 0.928. The van der Waals surface area contributed by atoms with Crippen LogP contribution < -0.4 is 5.73 Å². The molecular formula is C13H25Cl2N3O. The van der Waals surface area contributed by atoms with E-state index in [1.807, 2.05) is 0 Å². The second-order valence-corrected chi connectivity index (χ2v) is 6.11. The highest BCUT2D eigenvalue weighted by atomic mass is 35.5. The average molecular weight is 310 g/mol. The summed E-state index contributed by atoms with van der Waals surface area (Å²) in [5, 5.41) is 0. The first kappa shape index (κ1) is 17.0. The van der Waals surface area contributed by atoms with Gasteiger partial charge in [-0.3, -0.25) is 9.69 Å². The van der Waals surface area contributed by atoms with Crippen molar-refractivity contribution in [2.45, 2.75) is 56.7 Å². The first-order valence-electron chi connectivity index (χ1n) is 6.94. The molecule has 2 heterocycles. The van der Waals surface area contributed by atoms with Gasteiger partial charge in [-0.1, -0.05) is 0 Å². The maximum absolute atomic E-state index is 12.5. The molecule has 0 aromatic rings. The molecule has 0 spiro atoms. The number of fused-ring (bicyclic) bond motifs is 1. The second-order valence-electron chi connectivity index (χ2n) is 6.11. The number of nitrogens with two attached hydrogens (primary N) is 1. The molecule has 2 aliphatic heterocycles. The monoisotopic (exact) mass is 309 g/mol. The van der Waals surface area contributed by atoms with Crippen LogP contribution in [0, 0.1) is 0 Å². The molecule has 1 aliphatic carbocycles. The van der Waals surface area contributed by atoms with Crippen molar-refractivity contribution in [1.82, 2.24) is 9.80 Å². The summed E-state index contributed by atoms with van der Waals surface area (Å²) in [7, 11) is 0. The molecule has 0 aromatic heterocycles. The highest BCUT2D eigenvalue weighted by Gasteiger charge is 2.46. The van der Waals surface area contributed by atoms with Gasteiger partial charge in [0.15, 0.2) is 0 Å². The highest BCUT2D eigenvalue weighted by molar-refractivity contribution is 5.87. The molecule has 0 aromatic carbocycles. The zero-order valence-corrected chi connectivity index (χ0v) is 13.1. The van der Waals surface area contributed by atoms with Crippen LogP contribution in [0.1, 0.15) is 39.0 Å². The van der Waals surface area contributed by atoms with Crippen molar-refractivity contribution in [3.8, 4) is 0 Å². The van der Waals surface area contributed by atoms with Crippen LogP contribution >= 0.6 is 24.8 Å². The number of halogens is 2. The Morgan fingerprint density at radius 3 is 2.47 bits per heavy atom.